The van der Waals surface area contributed by atoms with Crippen LogP contribution in [0, 0.1) is 5.92 Å². The zero-order valence-corrected chi connectivity index (χ0v) is 8.97. The molecule has 0 bridgehead atoms. The Labute approximate surface area is 77.7 Å². The second-order valence-electron chi connectivity index (χ2n) is 4.04. The van der Waals surface area contributed by atoms with Crippen LogP contribution in [0.3, 0.4) is 0 Å². The van der Waals surface area contributed by atoms with E-state index in [1.54, 1.807) is 0 Å². The lowest BCUT2D eigenvalue weighted by molar-refractivity contribution is 0.425. The quantitative estimate of drug-likeness (QED) is 0.584. The minimum absolute atomic E-state index is 0.371. The van der Waals surface area contributed by atoms with Crippen molar-refractivity contribution in [2.75, 3.05) is 0 Å². The minimum Gasteiger partial charge on any atom is -0.328 e. The summed E-state index contributed by atoms with van der Waals surface area (Å²) in [5, 5.41) is 0. The maximum Gasteiger partial charge on any atom is 0.00361 e. The Kier molecular flexibility index (Phi) is 7.58. The van der Waals surface area contributed by atoms with Gasteiger partial charge in [-0.25, -0.2) is 0 Å². The lowest BCUT2D eigenvalue weighted by Crippen LogP contribution is -2.23. The summed E-state index contributed by atoms with van der Waals surface area (Å²) in [5.41, 5.74) is 5.78. The van der Waals surface area contributed by atoms with Gasteiger partial charge in [0, 0.05) is 6.04 Å². The first-order chi connectivity index (χ1) is 5.68. The molecule has 0 heterocycles. The van der Waals surface area contributed by atoms with Gasteiger partial charge in [0.05, 0.1) is 0 Å². The van der Waals surface area contributed by atoms with Crippen molar-refractivity contribution in [3.63, 3.8) is 0 Å². The molecule has 0 aliphatic rings. The smallest absolute Gasteiger partial charge is 0.00361 e. The van der Waals surface area contributed by atoms with E-state index >= 15 is 0 Å². The largest absolute Gasteiger partial charge is 0.328 e. The topological polar surface area (TPSA) is 26.0 Å². The fourth-order valence-electron chi connectivity index (χ4n) is 1.33. The van der Waals surface area contributed by atoms with Crippen molar-refractivity contribution >= 4 is 0 Å². The molecule has 1 heteroatoms. The molecule has 0 aliphatic heterocycles. The predicted octanol–water partition coefficient (Wildman–Crippen LogP) is 3.33. The van der Waals surface area contributed by atoms with Gasteiger partial charge in [-0.05, 0) is 19.3 Å². The molecule has 0 spiro atoms. The molecule has 0 fully saturated rings. The van der Waals surface area contributed by atoms with Crippen LogP contribution in [-0.4, -0.2) is 6.04 Å². The Morgan fingerprint density at radius 1 is 1.00 bits per heavy atom. The second-order valence-corrected chi connectivity index (χ2v) is 4.04. The van der Waals surface area contributed by atoms with Crippen molar-refractivity contribution in [3.05, 3.63) is 0 Å². The SMILES string of the molecule is CCCCCCCC(C)C(C)N. The summed E-state index contributed by atoms with van der Waals surface area (Å²) in [6.45, 7) is 6.62. The molecule has 0 aromatic rings. The van der Waals surface area contributed by atoms with Crippen molar-refractivity contribution in [3.8, 4) is 0 Å². The summed E-state index contributed by atoms with van der Waals surface area (Å²) in [4.78, 5) is 0. The Morgan fingerprint density at radius 3 is 2.08 bits per heavy atom. The molecule has 0 radical (unpaired) electrons. The van der Waals surface area contributed by atoms with Crippen LogP contribution in [0.4, 0.5) is 0 Å². The molecule has 0 rings (SSSR count). The van der Waals surface area contributed by atoms with E-state index in [1.165, 1.54) is 38.5 Å². The van der Waals surface area contributed by atoms with E-state index in [1.807, 2.05) is 0 Å². The van der Waals surface area contributed by atoms with Gasteiger partial charge in [-0.15, -0.1) is 0 Å². The van der Waals surface area contributed by atoms with Crippen molar-refractivity contribution in [1.29, 1.82) is 0 Å². The van der Waals surface area contributed by atoms with Crippen molar-refractivity contribution in [1.82, 2.24) is 0 Å². The summed E-state index contributed by atoms with van der Waals surface area (Å²) in [7, 11) is 0. The Morgan fingerprint density at radius 2 is 1.58 bits per heavy atom. The summed E-state index contributed by atoms with van der Waals surface area (Å²) >= 11 is 0. The molecule has 0 saturated carbocycles. The van der Waals surface area contributed by atoms with Crippen molar-refractivity contribution < 1.29 is 0 Å². The molecule has 0 aliphatic carbocycles. The van der Waals surface area contributed by atoms with E-state index in [4.69, 9.17) is 5.73 Å². The highest BCUT2D eigenvalue weighted by Gasteiger charge is 2.05. The van der Waals surface area contributed by atoms with E-state index in [0.29, 0.717) is 12.0 Å². The van der Waals surface area contributed by atoms with Gasteiger partial charge in [0.1, 0.15) is 0 Å². The van der Waals surface area contributed by atoms with Crippen LogP contribution >= 0.6 is 0 Å². The highest BCUT2D eigenvalue weighted by atomic mass is 14.6. The van der Waals surface area contributed by atoms with E-state index in [2.05, 4.69) is 20.8 Å². The number of hydrogen-bond donors (Lipinski definition) is 1. The Hall–Kier alpha value is -0.0400. The lowest BCUT2D eigenvalue weighted by atomic mass is 9.97. The highest BCUT2D eigenvalue weighted by molar-refractivity contribution is 4.63. The summed E-state index contributed by atoms with van der Waals surface area (Å²) < 4.78 is 0. The minimum atomic E-state index is 0.371. The summed E-state index contributed by atoms with van der Waals surface area (Å²) in [5.74, 6) is 0.701. The van der Waals surface area contributed by atoms with E-state index in [-0.39, 0.29) is 0 Å². The normalized spacial score (nSPS) is 16.0. The van der Waals surface area contributed by atoms with Gasteiger partial charge < -0.3 is 5.73 Å². The summed E-state index contributed by atoms with van der Waals surface area (Å²) in [6, 6.07) is 0.371. The van der Waals surface area contributed by atoms with Crippen LogP contribution in [-0.2, 0) is 0 Å². The average molecular weight is 171 g/mol. The highest BCUT2D eigenvalue weighted by Crippen LogP contribution is 2.12. The zero-order chi connectivity index (χ0) is 9.40. The van der Waals surface area contributed by atoms with Gasteiger partial charge in [0.25, 0.3) is 0 Å². The first-order valence-electron chi connectivity index (χ1n) is 5.44. The molecule has 74 valence electrons. The standard InChI is InChI=1S/C11H25N/c1-4-5-6-7-8-9-10(2)11(3)12/h10-11H,4-9,12H2,1-3H3. The van der Waals surface area contributed by atoms with Crippen LogP contribution in [0.5, 0.6) is 0 Å². The molecule has 2 N–H and O–H groups in total. The van der Waals surface area contributed by atoms with Gasteiger partial charge in [-0.3, -0.25) is 0 Å². The molecular weight excluding hydrogens is 146 g/mol. The third kappa shape index (κ3) is 6.66. The molecule has 1 nitrogen and oxygen atoms in total. The van der Waals surface area contributed by atoms with Crippen LogP contribution in [0.25, 0.3) is 0 Å². The molecule has 0 saturated heterocycles. The predicted molar refractivity (Wildman–Crippen MR) is 56.2 cm³/mol. The van der Waals surface area contributed by atoms with E-state index in [0.717, 1.165) is 0 Å². The molecule has 0 aromatic heterocycles. The molecule has 2 atom stereocenters. The van der Waals surface area contributed by atoms with Crippen LogP contribution in [0.2, 0.25) is 0 Å². The fourth-order valence-corrected chi connectivity index (χ4v) is 1.33. The van der Waals surface area contributed by atoms with Crippen molar-refractivity contribution in [2.24, 2.45) is 11.7 Å². The first-order valence-corrected chi connectivity index (χ1v) is 5.44. The van der Waals surface area contributed by atoms with Crippen LogP contribution < -0.4 is 5.73 Å². The Bertz CT molecular complexity index is 89.0. The van der Waals surface area contributed by atoms with Crippen molar-refractivity contribution in [2.45, 2.75) is 65.3 Å². The lowest BCUT2D eigenvalue weighted by Gasteiger charge is -2.14. The van der Waals surface area contributed by atoms with E-state index < -0.39 is 0 Å². The van der Waals surface area contributed by atoms with Gasteiger partial charge in [-0.1, -0.05) is 46.0 Å². The van der Waals surface area contributed by atoms with Crippen LogP contribution in [0.15, 0.2) is 0 Å². The fraction of sp³-hybridized carbons (Fsp3) is 1.00. The van der Waals surface area contributed by atoms with Gasteiger partial charge in [-0.2, -0.15) is 0 Å². The van der Waals surface area contributed by atoms with Crippen LogP contribution in [0.1, 0.15) is 59.3 Å². The monoisotopic (exact) mass is 171 g/mol. The number of unbranched alkanes of at least 4 members (excludes halogenated alkanes) is 4. The summed E-state index contributed by atoms with van der Waals surface area (Å²) in [6.07, 6.45) is 8.20. The molecule has 0 amide bonds. The Balaban J connectivity index is 3.08. The van der Waals surface area contributed by atoms with Gasteiger partial charge in [0.2, 0.25) is 0 Å². The zero-order valence-electron chi connectivity index (χ0n) is 8.97. The number of nitrogens with two attached hydrogens (primary N) is 1. The molecule has 12 heavy (non-hydrogen) atoms. The molecule has 0 aromatic carbocycles. The first kappa shape index (κ1) is 12.0. The number of rotatable bonds is 7. The van der Waals surface area contributed by atoms with E-state index in [9.17, 15) is 0 Å². The second kappa shape index (κ2) is 7.60. The average Bonchev–Trinajstić information content (AvgIpc) is 2.03. The molecule has 2 unspecified atom stereocenters. The third-order valence-corrected chi connectivity index (χ3v) is 2.66. The number of hydrogen-bond acceptors (Lipinski definition) is 1. The third-order valence-electron chi connectivity index (χ3n) is 2.66. The van der Waals surface area contributed by atoms with Gasteiger partial charge >= 0.3 is 0 Å². The van der Waals surface area contributed by atoms with Gasteiger partial charge in [0.15, 0.2) is 0 Å². The maximum absolute atomic E-state index is 5.78. The molecular formula is C11H25N. The maximum atomic E-state index is 5.78.